The van der Waals surface area contributed by atoms with Crippen LogP contribution in [0.15, 0.2) is 12.1 Å². The lowest BCUT2D eigenvalue weighted by Crippen LogP contribution is -2.40. The molecule has 2 rings (SSSR count). The fourth-order valence-electron chi connectivity index (χ4n) is 2.50. The normalized spacial score (nSPS) is 22.1. The maximum absolute atomic E-state index is 12.2. The summed E-state index contributed by atoms with van der Waals surface area (Å²) < 4.78 is 11.0. The predicted molar refractivity (Wildman–Crippen MR) is 88.3 cm³/mol. The third-order valence-corrected chi connectivity index (χ3v) is 4.56. The fraction of sp³-hybridized carbons (Fsp3) is 0.688. The van der Waals surface area contributed by atoms with E-state index in [9.17, 15) is 4.79 Å². The molecule has 124 valence electrons. The molecule has 6 heteroatoms. The SMILES string of the molecule is CO[C@H]1CN(C(=O)OC(C)(C)C)CC1NCc1ccc(C)s1. The molecule has 0 spiro atoms. The van der Waals surface area contributed by atoms with Gasteiger partial charge in [-0.2, -0.15) is 0 Å². The second-order valence-corrected chi connectivity index (χ2v) is 8.03. The van der Waals surface area contributed by atoms with Crippen molar-refractivity contribution in [3.8, 4) is 0 Å². The molecular weight excluding hydrogens is 300 g/mol. The quantitative estimate of drug-likeness (QED) is 0.924. The summed E-state index contributed by atoms with van der Waals surface area (Å²) in [6.45, 7) is 9.71. The minimum absolute atomic E-state index is 0.00595. The lowest BCUT2D eigenvalue weighted by atomic mass is 10.2. The van der Waals surface area contributed by atoms with E-state index < -0.39 is 5.60 Å². The van der Waals surface area contributed by atoms with Gasteiger partial charge in [0.05, 0.1) is 18.7 Å². The van der Waals surface area contributed by atoms with Crippen LogP contribution in [0.3, 0.4) is 0 Å². The minimum atomic E-state index is -0.473. The number of nitrogens with zero attached hydrogens (tertiary/aromatic N) is 1. The van der Waals surface area contributed by atoms with Gasteiger partial charge in [0.2, 0.25) is 0 Å². The topological polar surface area (TPSA) is 50.8 Å². The van der Waals surface area contributed by atoms with Gasteiger partial charge in [0.15, 0.2) is 0 Å². The van der Waals surface area contributed by atoms with E-state index in [1.165, 1.54) is 9.75 Å². The van der Waals surface area contributed by atoms with E-state index in [1.807, 2.05) is 20.8 Å². The number of thiophene rings is 1. The Morgan fingerprint density at radius 2 is 2.14 bits per heavy atom. The van der Waals surface area contributed by atoms with Gasteiger partial charge in [-0.05, 0) is 39.8 Å². The summed E-state index contributed by atoms with van der Waals surface area (Å²) in [5, 5.41) is 3.50. The van der Waals surface area contributed by atoms with Crippen molar-refractivity contribution in [1.29, 1.82) is 0 Å². The van der Waals surface area contributed by atoms with Crippen molar-refractivity contribution in [2.75, 3.05) is 20.2 Å². The lowest BCUT2D eigenvalue weighted by Gasteiger charge is -2.24. The predicted octanol–water partition coefficient (Wildman–Crippen LogP) is 2.78. The van der Waals surface area contributed by atoms with Crippen molar-refractivity contribution in [3.63, 3.8) is 0 Å². The number of aryl methyl sites for hydroxylation is 1. The Kier molecular flexibility index (Phi) is 5.47. The Morgan fingerprint density at radius 3 is 2.68 bits per heavy atom. The van der Waals surface area contributed by atoms with Crippen LogP contribution in [0, 0.1) is 6.92 Å². The number of carbonyl (C=O) groups is 1. The molecule has 1 N–H and O–H groups in total. The number of ether oxygens (including phenoxy) is 2. The fourth-order valence-corrected chi connectivity index (χ4v) is 3.34. The first kappa shape index (κ1) is 17.2. The van der Waals surface area contributed by atoms with Crippen LogP contribution in [0.2, 0.25) is 0 Å². The van der Waals surface area contributed by atoms with E-state index >= 15 is 0 Å². The molecule has 1 aromatic rings. The summed E-state index contributed by atoms with van der Waals surface area (Å²) in [4.78, 5) is 16.5. The zero-order valence-corrected chi connectivity index (χ0v) is 14.8. The highest BCUT2D eigenvalue weighted by Crippen LogP contribution is 2.19. The van der Waals surface area contributed by atoms with Gasteiger partial charge >= 0.3 is 6.09 Å². The van der Waals surface area contributed by atoms with E-state index in [0.717, 1.165) is 6.54 Å². The largest absolute Gasteiger partial charge is 0.444 e. The summed E-state index contributed by atoms with van der Waals surface area (Å²) in [6, 6.07) is 4.38. The molecule has 1 aromatic heterocycles. The second kappa shape index (κ2) is 6.98. The monoisotopic (exact) mass is 326 g/mol. The molecule has 1 aliphatic heterocycles. The zero-order chi connectivity index (χ0) is 16.3. The first-order chi connectivity index (χ1) is 10.3. The Morgan fingerprint density at radius 1 is 1.41 bits per heavy atom. The lowest BCUT2D eigenvalue weighted by molar-refractivity contribution is 0.0252. The van der Waals surface area contributed by atoms with Crippen molar-refractivity contribution in [1.82, 2.24) is 10.2 Å². The molecule has 0 saturated carbocycles. The Labute approximate surface area is 136 Å². The van der Waals surface area contributed by atoms with Gasteiger partial charge in [0, 0.05) is 30.0 Å². The van der Waals surface area contributed by atoms with Crippen molar-refractivity contribution >= 4 is 17.4 Å². The molecule has 0 radical (unpaired) electrons. The molecule has 2 heterocycles. The van der Waals surface area contributed by atoms with Crippen LogP contribution in [0.4, 0.5) is 4.79 Å². The zero-order valence-electron chi connectivity index (χ0n) is 14.0. The van der Waals surface area contributed by atoms with Crippen LogP contribution in [0.5, 0.6) is 0 Å². The number of carbonyl (C=O) groups excluding carboxylic acids is 1. The van der Waals surface area contributed by atoms with Crippen molar-refractivity contribution in [3.05, 3.63) is 21.9 Å². The van der Waals surface area contributed by atoms with Gasteiger partial charge < -0.3 is 19.7 Å². The van der Waals surface area contributed by atoms with Crippen molar-refractivity contribution in [2.45, 2.75) is 52.0 Å². The molecule has 2 atom stereocenters. The second-order valence-electron chi connectivity index (χ2n) is 6.66. The Balaban J connectivity index is 1.90. The van der Waals surface area contributed by atoms with Crippen LogP contribution in [-0.2, 0) is 16.0 Å². The third kappa shape index (κ3) is 4.69. The van der Waals surface area contributed by atoms with Crippen molar-refractivity contribution in [2.24, 2.45) is 0 Å². The molecular formula is C16H26N2O3S. The maximum atomic E-state index is 12.2. The summed E-state index contributed by atoms with van der Waals surface area (Å²) >= 11 is 1.79. The van der Waals surface area contributed by atoms with Crippen LogP contribution in [0.25, 0.3) is 0 Å². The first-order valence-electron chi connectivity index (χ1n) is 7.58. The minimum Gasteiger partial charge on any atom is -0.444 e. The van der Waals surface area contributed by atoms with E-state index in [-0.39, 0.29) is 18.2 Å². The van der Waals surface area contributed by atoms with Crippen LogP contribution in [0.1, 0.15) is 30.5 Å². The van der Waals surface area contributed by atoms with Gasteiger partial charge in [0.1, 0.15) is 5.60 Å². The maximum Gasteiger partial charge on any atom is 0.410 e. The standard InChI is InChI=1S/C16H26N2O3S/c1-11-6-7-12(22-11)8-17-13-9-18(10-14(13)20-5)15(19)21-16(2,3)4/h6-7,13-14,17H,8-10H2,1-5H3/t13?,14-/m0/s1. The number of hydrogen-bond acceptors (Lipinski definition) is 5. The molecule has 0 aliphatic carbocycles. The Bertz CT molecular complexity index is 510. The molecule has 0 aromatic carbocycles. The Hall–Kier alpha value is -1.11. The molecule has 1 saturated heterocycles. The van der Waals surface area contributed by atoms with Gasteiger partial charge in [-0.3, -0.25) is 0 Å². The molecule has 22 heavy (non-hydrogen) atoms. The number of hydrogen-bond donors (Lipinski definition) is 1. The van der Waals surface area contributed by atoms with E-state index in [1.54, 1.807) is 23.3 Å². The van der Waals surface area contributed by atoms with Gasteiger partial charge in [0.25, 0.3) is 0 Å². The highest BCUT2D eigenvalue weighted by atomic mass is 32.1. The average molecular weight is 326 g/mol. The summed E-state index contributed by atoms with van der Waals surface area (Å²) in [5.74, 6) is 0. The van der Waals surface area contributed by atoms with Gasteiger partial charge in [-0.1, -0.05) is 0 Å². The smallest absolute Gasteiger partial charge is 0.410 e. The van der Waals surface area contributed by atoms with Gasteiger partial charge in [-0.15, -0.1) is 11.3 Å². The summed E-state index contributed by atoms with van der Waals surface area (Å²) in [7, 11) is 1.69. The molecule has 0 bridgehead atoms. The number of amides is 1. The molecule has 1 amide bonds. The van der Waals surface area contributed by atoms with E-state index in [4.69, 9.17) is 9.47 Å². The highest BCUT2D eigenvalue weighted by Gasteiger charge is 2.37. The first-order valence-corrected chi connectivity index (χ1v) is 8.39. The summed E-state index contributed by atoms with van der Waals surface area (Å²) in [5.41, 5.74) is -0.473. The number of methoxy groups -OCH3 is 1. The van der Waals surface area contributed by atoms with E-state index in [0.29, 0.717) is 13.1 Å². The molecule has 5 nitrogen and oxygen atoms in total. The number of nitrogens with one attached hydrogen (secondary N) is 1. The van der Waals surface area contributed by atoms with Crippen LogP contribution in [-0.4, -0.2) is 48.9 Å². The third-order valence-electron chi connectivity index (χ3n) is 3.56. The average Bonchev–Trinajstić information content (AvgIpc) is 3.00. The number of likely N-dealkylation sites (tertiary alicyclic amines) is 1. The summed E-state index contributed by atoms with van der Waals surface area (Å²) in [6.07, 6.45) is -0.278. The van der Waals surface area contributed by atoms with Crippen LogP contribution >= 0.6 is 11.3 Å². The highest BCUT2D eigenvalue weighted by molar-refractivity contribution is 7.11. The van der Waals surface area contributed by atoms with Crippen LogP contribution < -0.4 is 5.32 Å². The van der Waals surface area contributed by atoms with Crippen molar-refractivity contribution < 1.29 is 14.3 Å². The van der Waals surface area contributed by atoms with E-state index in [2.05, 4.69) is 24.4 Å². The van der Waals surface area contributed by atoms with Gasteiger partial charge in [-0.25, -0.2) is 4.79 Å². The number of rotatable bonds is 4. The molecule has 1 fully saturated rings. The molecule has 1 unspecified atom stereocenters. The molecule has 1 aliphatic rings.